The number of amides is 1. The summed E-state index contributed by atoms with van der Waals surface area (Å²) in [6, 6.07) is 40.7. The number of esters is 1. The number of nitriles is 1. The highest BCUT2D eigenvalue weighted by Crippen LogP contribution is 2.40. The smallest absolute Gasteiger partial charge is 0.338 e. The van der Waals surface area contributed by atoms with E-state index < -0.39 is 5.97 Å². The SMILES string of the molecule is CC(C)(C)n1c(-c2ccccc2-c2nnc(N)o2)nc2cc(-c3cnc(N)nc3)ccc21.CC(C)(C)n1c(-c2ccccc2C(=O)NN)nc2cc(-c3cnc(N)nc3)ccc21.COC(=O)c1ccccc1-c1nc2cc(-c3cnc(N)nc3)ccc2n1C(C)(C)C.N#CBr.NN. The number of nitrogen functional groups attached to an aromatic ring is 5. The van der Waals surface area contributed by atoms with E-state index in [9.17, 15) is 9.59 Å². The van der Waals surface area contributed by atoms with Crippen LogP contribution in [0.25, 0.3) is 112 Å². The van der Waals surface area contributed by atoms with Crippen molar-refractivity contribution in [2.75, 3.05) is 30.0 Å². The van der Waals surface area contributed by atoms with Crippen LogP contribution in [0.5, 0.6) is 0 Å². The first-order chi connectivity index (χ1) is 46.3. The Morgan fingerprint density at radius 2 is 0.804 bits per heavy atom. The number of hydrogen-bond donors (Lipinski definition) is 8. The fourth-order valence-corrected chi connectivity index (χ4v) is 10.9. The highest BCUT2D eigenvalue weighted by Gasteiger charge is 2.29. The first-order valence-corrected chi connectivity index (χ1v) is 30.7. The van der Waals surface area contributed by atoms with E-state index in [4.69, 9.17) is 58.1 Å². The van der Waals surface area contributed by atoms with Gasteiger partial charge in [-0.1, -0.05) is 77.9 Å². The molecule has 0 aliphatic carbocycles. The summed E-state index contributed by atoms with van der Waals surface area (Å²) in [6.45, 7) is 19.1. The molecule has 0 unspecified atom stereocenters. The zero-order valence-electron chi connectivity index (χ0n) is 54.8. The van der Waals surface area contributed by atoms with Gasteiger partial charge in [-0.2, -0.15) is 5.26 Å². The highest BCUT2D eigenvalue weighted by atomic mass is 79.9. The molecule has 0 saturated heterocycles. The first kappa shape index (κ1) is 69.4. The van der Waals surface area contributed by atoms with Gasteiger partial charge >= 0.3 is 12.0 Å². The Balaban J connectivity index is 0.000000165. The lowest BCUT2D eigenvalue weighted by molar-refractivity contribution is 0.0601. The van der Waals surface area contributed by atoms with Gasteiger partial charge in [-0.05, 0) is 134 Å². The lowest BCUT2D eigenvalue weighted by Gasteiger charge is -2.25. The first-order valence-electron chi connectivity index (χ1n) is 29.9. The molecule has 13 rings (SSSR count). The molecule has 0 spiro atoms. The number of carbonyl (C=O) groups is 2. The maximum absolute atomic E-state index is 12.4. The fourth-order valence-electron chi connectivity index (χ4n) is 10.9. The molecule has 0 aliphatic heterocycles. The molecule has 0 aliphatic rings. The van der Waals surface area contributed by atoms with Crippen molar-refractivity contribution in [2.45, 2.75) is 78.9 Å². The summed E-state index contributed by atoms with van der Waals surface area (Å²) < 4.78 is 17.0. The Morgan fingerprint density at radius 3 is 1.13 bits per heavy atom. The Bertz CT molecular complexity index is 4800. The summed E-state index contributed by atoms with van der Waals surface area (Å²) in [5, 5.41) is 15.1. The number of hydrogen-bond acceptors (Lipinski definition) is 23. The van der Waals surface area contributed by atoms with E-state index in [1.165, 1.54) is 7.11 Å². The zero-order chi connectivity index (χ0) is 70.1. The van der Waals surface area contributed by atoms with Gasteiger partial charge in [0.1, 0.15) is 22.5 Å². The summed E-state index contributed by atoms with van der Waals surface area (Å²) in [4.78, 5) is 65.6. The molecule has 6 aromatic carbocycles. The van der Waals surface area contributed by atoms with Gasteiger partial charge in [0, 0.05) is 109 Å². The van der Waals surface area contributed by atoms with Gasteiger partial charge in [0.25, 0.3) is 5.91 Å². The van der Waals surface area contributed by atoms with E-state index >= 15 is 0 Å². The number of rotatable bonds is 9. The largest absolute Gasteiger partial charge is 0.465 e. The standard InChI is InChI=1S/C23H22N8O.C23H23N5O2.C22H23N7O.CBrN.H4N2/c1-23(2,3)31-18-9-8-13(14-11-26-21(24)27-12-14)10-17(18)28-19(31)15-6-4-5-7-16(15)20-29-30-22(25)32-20;1-23(2,3)28-19-10-9-14(15-12-25-22(24)26-13-15)11-18(19)27-20(28)16-7-5-6-8-17(16)21(29)30-4;1-22(2,3)29-18-9-8-13(14-11-25-21(23)26-12-14)10-17(18)27-19(29)15-6-4-5-7-16(15)20(30)28-24;2-1-3;1-2/h4-12H,1-3H3,(H2,25,30)(H2,24,26,27);5-13H,1-4H3,(H2,24,25,26);4-12H,24H2,1-3H3,(H,28,30)(H2,23,25,26);;1-2H2. The third-order valence-corrected chi connectivity index (χ3v) is 14.9. The van der Waals surface area contributed by atoms with Crippen molar-refractivity contribution in [3.63, 3.8) is 0 Å². The quantitative estimate of drug-likeness (QED) is 0.0288. The number of imidazole rings is 3. The number of carbonyl (C=O) groups excluding carboxylic acids is 2. The van der Waals surface area contributed by atoms with Crippen molar-refractivity contribution >= 4 is 84.8 Å². The molecule has 0 fully saturated rings. The Morgan fingerprint density at radius 1 is 0.485 bits per heavy atom. The van der Waals surface area contributed by atoms with Crippen LogP contribution in [0.3, 0.4) is 0 Å². The van der Waals surface area contributed by atoms with E-state index in [2.05, 4.69) is 155 Å². The number of aromatic nitrogens is 14. The van der Waals surface area contributed by atoms with E-state index in [0.717, 1.165) is 89.0 Å². The maximum Gasteiger partial charge on any atom is 0.338 e. The van der Waals surface area contributed by atoms with Gasteiger partial charge in [0.15, 0.2) is 0 Å². The second-order valence-electron chi connectivity index (χ2n) is 24.6. The molecule has 494 valence electrons. The van der Waals surface area contributed by atoms with E-state index in [0.29, 0.717) is 34.2 Å². The Kier molecular flexibility index (Phi) is 20.9. The monoisotopic (exact) mass is 1370 g/mol. The molecule has 0 atom stereocenters. The average molecular weight is 1370 g/mol. The minimum absolute atomic E-state index is 0.0227. The summed E-state index contributed by atoms with van der Waals surface area (Å²) in [5.41, 5.74) is 38.8. The van der Waals surface area contributed by atoms with Crippen LogP contribution in [0.15, 0.2) is 169 Å². The topological polar surface area (TPSA) is 431 Å². The van der Waals surface area contributed by atoms with Crippen molar-refractivity contribution in [1.82, 2.24) is 74.2 Å². The molecular formula is C69H72BrN23O4. The second-order valence-corrected chi connectivity index (χ2v) is 24.9. The van der Waals surface area contributed by atoms with Crippen LogP contribution < -0.4 is 45.9 Å². The van der Waals surface area contributed by atoms with Gasteiger partial charge in [0.05, 0.1) is 51.3 Å². The summed E-state index contributed by atoms with van der Waals surface area (Å²) in [6.07, 6.45) is 10.2. The molecule has 0 saturated carbocycles. The molecule has 28 heteroatoms. The van der Waals surface area contributed by atoms with Crippen LogP contribution >= 0.6 is 15.9 Å². The molecule has 13 aromatic rings. The van der Waals surface area contributed by atoms with Crippen LogP contribution in [-0.2, 0) is 21.4 Å². The van der Waals surface area contributed by atoms with Gasteiger partial charge in [0.2, 0.25) is 23.7 Å². The van der Waals surface area contributed by atoms with E-state index in [-0.39, 0.29) is 46.4 Å². The van der Waals surface area contributed by atoms with Crippen molar-refractivity contribution in [2.24, 2.45) is 17.5 Å². The van der Waals surface area contributed by atoms with Crippen molar-refractivity contribution < 1.29 is 18.7 Å². The molecule has 1 amide bonds. The van der Waals surface area contributed by atoms with Crippen LogP contribution in [0.2, 0.25) is 0 Å². The molecule has 27 nitrogen and oxygen atoms in total. The third-order valence-electron chi connectivity index (χ3n) is 14.9. The number of halogens is 1. The second kappa shape index (κ2) is 29.2. The number of benzene rings is 6. The lowest BCUT2D eigenvalue weighted by Crippen LogP contribution is -2.31. The normalized spacial score (nSPS) is 11.2. The number of ether oxygens (including phenoxy) is 1. The number of fused-ring (bicyclic) bond motifs is 3. The van der Waals surface area contributed by atoms with Crippen molar-refractivity contribution in [1.29, 1.82) is 5.26 Å². The Hall–Kier alpha value is -11.9. The molecule has 7 aromatic heterocycles. The zero-order valence-corrected chi connectivity index (χ0v) is 56.4. The number of nitrogens with zero attached hydrogens (tertiary/aromatic N) is 15. The third kappa shape index (κ3) is 15.2. The van der Waals surface area contributed by atoms with Gasteiger partial charge in [-0.3, -0.25) is 21.9 Å². The lowest BCUT2D eigenvalue weighted by atomic mass is 10.0. The van der Waals surface area contributed by atoms with Gasteiger partial charge in [-0.15, -0.1) is 5.10 Å². The molecular weight excluding hydrogens is 1290 g/mol. The molecule has 15 N–H and O–H groups in total. The minimum atomic E-state index is -0.391. The number of hydrazine groups is 2. The molecule has 97 heavy (non-hydrogen) atoms. The number of nitrogens with one attached hydrogen (secondary N) is 1. The Labute approximate surface area is 566 Å². The summed E-state index contributed by atoms with van der Waals surface area (Å²) in [5.74, 6) is 15.9. The highest BCUT2D eigenvalue weighted by molar-refractivity contribution is 9.12. The van der Waals surface area contributed by atoms with E-state index in [1.807, 2.05) is 103 Å². The van der Waals surface area contributed by atoms with Crippen LogP contribution in [0.4, 0.5) is 23.9 Å². The maximum atomic E-state index is 12.4. The predicted octanol–water partition coefficient (Wildman–Crippen LogP) is 11.2. The van der Waals surface area contributed by atoms with E-state index in [1.54, 1.807) is 60.4 Å². The van der Waals surface area contributed by atoms with Crippen LogP contribution in [0, 0.1) is 10.2 Å². The number of nitrogens with two attached hydrogens (primary N) is 7. The predicted molar refractivity (Wildman–Crippen MR) is 380 cm³/mol. The van der Waals surface area contributed by atoms with Crippen LogP contribution in [0.1, 0.15) is 83.0 Å². The average Bonchev–Trinajstić information content (AvgIpc) is 1.63. The van der Waals surface area contributed by atoms with Crippen LogP contribution in [-0.4, -0.2) is 87.7 Å². The summed E-state index contributed by atoms with van der Waals surface area (Å²) in [7, 11) is 1.38. The fraction of sp³-hybridized carbons (Fsp3) is 0.188. The molecule has 0 bridgehead atoms. The number of methoxy groups -OCH3 is 1. The van der Waals surface area contributed by atoms with Gasteiger partial charge in [-0.25, -0.2) is 55.5 Å². The van der Waals surface area contributed by atoms with Gasteiger partial charge < -0.3 is 45.8 Å². The van der Waals surface area contributed by atoms with Crippen molar-refractivity contribution in [3.05, 3.63) is 176 Å². The minimum Gasteiger partial charge on any atom is -0.465 e. The molecule has 7 heterocycles. The molecule has 0 radical (unpaired) electrons. The summed E-state index contributed by atoms with van der Waals surface area (Å²) >= 11 is 2.45. The van der Waals surface area contributed by atoms with Crippen molar-refractivity contribution in [3.8, 4) is 84.0 Å². The number of anilines is 4.